The topological polar surface area (TPSA) is 0 Å². The molecule has 2 rings (SSSR count). The maximum absolute atomic E-state index is 5.17. The molecule has 0 saturated carbocycles. The van der Waals surface area contributed by atoms with Gasteiger partial charge in [0.05, 0.1) is 3.77 Å². The van der Waals surface area contributed by atoms with Crippen molar-refractivity contribution in [3.05, 3.63) is 60.2 Å². The summed E-state index contributed by atoms with van der Waals surface area (Å²) in [6.45, 7) is 0. The maximum atomic E-state index is 5.17. The van der Waals surface area contributed by atoms with E-state index in [-0.39, 0.29) is 0 Å². The average Bonchev–Trinajstić information content (AvgIpc) is 2.30. The quantitative estimate of drug-likeness (QED) is 0.578. The summed E-state index contributed by atoms with van der Waals surface area (Å²) in [6, 6.07) is 18.4. The van der Waals surface area contributed by atoms with Crippen molar-refractivity contribution in [1.29, 1.82) is 0 Å². The van der Waals surface area contributed by atoms with Crippen molar-refractivity contribution in [1.82, 2.24) is 0 Å². The Hall–Kier alpha value is -0.990. The van der Waals surface area contributed by atoms with E-state index in [2.05, 4.69) is 34.1 Å². The van der Waals surface area contributed by atoms with E-state index in [1.54, 1.807) is 0 Å². The molecule has 0 saturated heterocycles. The monoisotopic (exact) mass is 276 g/mol. The lowest BCUT2D eigenvalue weighted by molar-refractivity contribution is 1.60. The van der Waals surface area contributed by atoms with Crippen LogP contribution >= 0.6 is 28.1 Å². The Bertz CT molecular complexity index is 477. The highest BCUT2D eigenvalue weighted by atomic mass is 79.9. The summed E-state index contributed by atoms with van der Waals surface area (Å²) in [5.74, 6) is 0. The van der Waals surface area contributed by atoms with Gasteiger partial charge in [-0.05, 0) is 27.1 Å². The van der Waals surface area contributed by atoms with Crippen LogP contribution in [0, 0.1) is 0 Å². The smallest absolute Gasteiger partial charge is 0.0712 e. The molecule has 0 fully saturated rings. The van der Waals surface area contributed by atoms with Crippen LogP contribution in [-0.4, -0.2) is 3.77 Å². The summed E-state index contributed by atoms with van der Waals surface area (Å²) in [5, 5.41) is 0. The van der Waals surface area contributed by atoms with E-state index in [1.807, 2.05) is 36.4 Å². The van der Waals surface area contributed by atoms with Crippen molar-refractivity contribution in [2.24, 2.45) is 0 Å². The molecule has 0 radical (unpaired) electrons. The largest absolute Gasteiger partial charge is 0.0883 e. The molecule has 15 heavy (non-hydrogen) atoms. The first kappa shape index (κ1) is 10.5. The molecular weight excluding hydrogens is 268 g/mol. The Kier molecular flexibility index (Phi) is 3.29. The predicted molar refractivity (Wildman–Crippen MR) is 72.5 cm³/mol. The zero-order valence-electron chi connectivity index (χ0n) is 7.98. The summed E-state index contributed by atoms with van der Waals surface area (Å²) in [7, 11) is 0. The Balaban J connectivity index is 2.58. The third kappa shape index (κ3) is 2.33. The second kappa shape index (κ2) is 4.69. The molecule has 0 aromatic heterocycles. The molecule has 0 nitrogen and oxygen atoms in total. The summed E-state index contributed by atoms with van der Waals surface area (Å²) >= 11 is 8.53. The van der Waals surface area contributed by atoms with Crippen LogP contribution in [0.3, 0.4) is 0 Å². The number of benzene rings is 2. The lowest BCUT2D eigenvalue weighted by Gasteiger charge is -2.06. The van der Waals surface area contributed by atoms with Gasteiger partial charge in [0.15, 0.2) is 0 Å². The molecule has 0 unspecified atom stereocenters. The zero-order valence-corrected chi connectivity index (χ0v) is 10.4. The van der Waals surface area contributed by atoms with Gasteiger partial charge >= 0.3 is 0 Å². The highest BCUT2D eigenvalue weighted by molar-refractivity contribution is 9.20. The van der Waals surface area contributed by atoms with Crippen molar-refractivity contribution in [3.63, 3.8) is 0 Å². The molecule has 2 aromatic rings. The minimum atomic E-state index is 0.752. The SMILES string of the molecule is S=C(Br)c1ccccc1-c1ccccc1. The molecule has 0 heterocycles. The van der Waals surface area contributed by atoms with E-state index in [4.69, 9.17) is 12.2 Å². The Morgan fingerprint density at radius 1 is 0.867 bits per heavy atom. The van der Waals surface area contributed by atoms with E-state index >= 15 is 0 Å². The lowest BCUT2D eigenvalue weighted by atomic mass is 10.0. The molecule has 0 aliphatic rings. The maximum Gasteiger partial charge on any atom is 0.0883 e. The van der Waals surface area contributed by atoms with Crippen LogP contribution in [0.2, 0.25) is 0 Å². The minimum absolute atomic E-state index is 0.752. The molecule has 0 N–H and O–H groups in total. The van der Waals surface area contributed by atoms with Crippen molar-refractivity contribution >= 4 is 31.9 Å². The summed E-state index contributed by atoms with van der Waals surface area (Å²) in [5.41, 5.74) is 3.42. The first-order valence-corrected chi connectivity index (χ1v) is 5.83. The van der Waals surface area contributed by atoms with E-state index in [0.717, 1.165) is 9.34 Å². The molecule has 0 atom stereocenters. The first-order chi connectivity index (χ1) is 7.29. The van der Waals surface area contributed by atoms with Crippen molar-refractivity contribution in [3.8, 4) is 11.1 Å². The van der Waals surface area contributed by atoms with E-state index in [1.165, 1.54) is 11.1 Å². The molecule has 2 aromatic carbocycles. The zero-order chi connectivity index (χ0) is 10.7. The third-order valence-electron chi connectivity index (χ3n) is 2.22. The Morgan fingerprint density at radius 3 is 2.13 bits per heavy atom. The molecule has 0 spiro atoms. The average molecular weight is 277 g/mol. The Morgan fingerprint density at radius 2 is 1.47 bits per heavy atom. The molecule has 0 aliphatic carbocycles. The molecule has 2 heteroatoms. The molecule has 0 amide bonds. The fourth-order valence-corrected chi connectivity index (χ4v) is 2.05. The summed E-state index contributed by atoms with van der Waals surface area (Å²) in [4.78, 5) is 0. The first-order valence-electron chi connectivity index (χ1n) is 4.63. The van der Waals surface area contributed by atoms with Gasteiger partial charge in [0, 0.05) is 5.56 Å². The number of hydrogen-bond donors (Lipinski definition) is 0. The van der Waals surface area contributed by atoms with Gasteiger partial charge in [-0.3, -0.25) is 0 Å². The van der Waals surface area contributed by atoms with Crippen LogP contribution in [0.15, 0.2) is 54.6 Å². The summed E-state index contributed by atoms with van der Waals surface area (Å²) < 4.78 is 0.752. The van der Waals surface area contributed by atoms with E-state index in [0.29, 0.717) is 0 Å². The van der Waals surface area contributed by atoms with Gasteiger partial charge in [-0.2, -0.15) is 0 Å². The fraction of sp³-hybridized carbons (Fsp3) is 0. The second-order valence-electron chi connectivity index (χ2n) is 3.19. The van der Waals surface area contributed by atoms with Gasteiger partial charge in [-0.25, -0.2) is 0 Å². The second-order valence-corrected chi connectivity index (χ2v) is 4.91. The minimum Gasteiger partial charge on any atom is -0.0712 e. The van der Waals surface area contributed by atoms with Crippen molar-refractivity contribution in [2.45, 2.75) is 0 Å². The van der Waals surface area contributed by atoms with Gasteiger partial charge in [-0.15, -0.1) is 0 Å². The van der Waals surface area contributed by atoms with Gasteiger partial charge in [0.1, 0.15) is 0 Å². The summed E-state index contributed by atoms with van der Waals surface area (Å²) in [6.07, 6.45) is 0. The van der Waals surface area contributed by atoms with Gasteiger partial charge in [-0.1, -0.05) is 66.8 Å². The van der Waals surface area contributed by atoms with Gasteiger partial charge in [0.25, 0.3) is 0 Å². The van der Waals surface area contributed by atoms with Crippen LogP contribution in [0.4, 0.5) is 0 Å². The van der Waals surface area contributed by atoms with Crippen LogP contribution in [-0.2, 0) is 0 Å². The highest BCUT2D eigenvalue weighted by Crippen LogP contribution is 2.25. The molecule has 0 aliphatic heterocycles. The molecule has 0 bridgehead atoms. The standard InChI is InChI=1S/C13H9BrS/c14-13(15)12-9-5-4-8-11(12)10-6-2-1-3-7-10/h1-9H. The molecule has 74 valence electrons. The molecular formula is C13H9BrS. The van der Waals surface area contributed by atoms with Gasteiger partial charge < -0.3 is 0 Å². The van der Waals surface area contributed by atoms with Crippen LogP contribution in [0.25, 0.3) is 11.1 Å². The van der Waals surface area contributed by atoms with Crippen LogP contribution in [0.5, 0.6) is 0 Å². The van der Waals surface area contributed by atoms with Crippen LogP contribution < -0.4 is 0 Å². The third-order valence-corrected chi connectivity index (χ3v) is 2.87. The van der Waals surface area contributed by atoms with Gasteiger partial charge in [0.2, 0.25) is 0 Å². The van der Waals surface area contributed by atoms with Crippen LogP contribution in [0.1, 0.15) is 5.56 Å². The number of hydrogen-bond acceptors (Lipinski definition) is 1. The fourth-order valence-electron chi connectivity index (χ4n) is 1.52. The number of rotatable bonds is 2. The Labute approximate surface area is 103 Å². The van der Waals surface area contributed by atoms with E-state index < -0.39 is 0 Å². The van der Waals surface area contributed by atoms with E-state index in [9.17, 15) is 0 Å². The number of thiocarbonyl (C=S) groups is 1. The van der Waals surface area contributed by atoms with Crippen molar-refractivity contribution in [2.75, 3.05) is 0 Å². The van der Waals surface area contributed by atoms with Crippen molar-refractivity contribution < 1.29 is 0 Å². The lowest BCUT2D eigenvalue weighted by Crippen LogP contribution is -1.90. The number of halogens is 1. The normalized spacial score (nSPS) is 9.93. The highest BCUT2D eigenvalue weighted by Gasteiger charge is 2.05. The predicted octanol–water partition coefficient (Wildman–Crippen LogP) is 4.42.